The van der Waals surface area contributed by atoms with Crippen LogP contribution in [0.4, 0.5) is 0 Å². The molecule has 0 atom stereocenters. The summed E-state index contributed by atoms with van der Waals surface area (Å²) in [5.41, 5.74) is 7.10. The van der Waals surface area contributed by atoms with Gasteiger partial charge in [0.1, 0.15) is 0 Å². The zero-order valence-corrected chi connectivity index (χ0v) is 6.80. The van der Waals surface area contributed by atoms with Crippen LogP contribution in [0.3, 0.4) is 0 Å². The highest BCUT2D eigenvalue weighted by Gasteiger charge is 1.79. The van der Waals surface area contributed by atoms with Crippen molar-refractivity contribution in [2.24, 2.45) is 5.73 Å². The Bertz CT molecular complexity index is 200. The summed E-state index contributed by atoms with van der Waals surface area (Å²) in [6.45, 7) is 8.97. The molecule has 0 aliphatic carbocycles. The van der Waals surface area contributed by atoms with Crippen molar-refractivity contribution in [3.63, 3.8) is 0 Å². The molecule has 0 aromatic carbocycles. The van der Waals surface area contributed by atoms with Gasteiger partial charge in [-0.25, -0.2) is 0 Å². The summed E-state index contributed by atoms with van der Waals surface area (Å²) in [6, 6.07) is 0. The van der Waals surface area contributed by atoms with Gasteiger partial charge in [0.05, 0.1) is 0 Å². The second kappa shape index (κ2) is 5.35. The molecule has 2 heteroatoms. The molecular weight excluding hydrogens is 136 g/mol. The highest BCUT2D eigenvalue weighted by molar-refractivity contribution is 5.21. The molecule has 0 bridgehead atoms. The fourth-order valence-corrected chi connectivity index (χ4v) is 0.498. The first-order valence-electron chi connectivity index (χ1n) is 3.34. The lowest BCUT2D eigenvalue weighted by Crippen LogP contribution is -1.99. The van der Waals surface area contributed by atoms with Crippen LogP contribution in [0.2, 0.25) is 0 Å². The van der Waals surface area contributed by atoms with Crippen LogP contribution in [-0.4, -0.2) is 0 Å². The van der Waals surface area contributed by atoms with Gasteiger partial charge < -0.3 is 11.1 Å². The molecule has 0 rings (SSSR count). The number of allylic oxidation sites excluding steroid dienone is 4. The molecule has 0 aromatic heterocycles. The van der Waals surface area contributed by atoms with Crippen molar-refractivity contribution in [1.82, 2.24) is 5.32 Å². The van der Waals surface area contributed by atoms with Gasteiger partial charge in [-0.1, -0.05) is 13.2 Å². The summed E-state index contributed by atoms with van der Waals surface area (Å²) >= 11 is 0. The lowest BCUT2D eigenvalue weighted by molar-refractivity contribution is 1.06. The van der Waals surface area contributed by atoms with E-state index < -0.39 is 0 Å². The molecule has 0 saturated heterocycles. The Hall–Kier alpha value is -1.44. The lowest BCUT2D eigenvalue weighted by atomic mass is 10.3. The van der Waals surface area contributed by atoms with E-state index in [-0.39, 0.29) is 0 Å². The second-order valence-corrected chi connectivity index (χ2v) is 2.07. The van der Waals surface area contributed by atoms with Crippen LogP contribution in [-0.2, 0) is 0 Å². The lowest BCUT2D eigenvalue weighted by Gasteiger charge is -1.96. The van der Waals surface area contributed by atoms with E-state index in [0.29, 0.717) is 5.70 Å². The molecule has 0 fully saturated rings. The topological polar surface area (TPSA) is 38.0 Å². The summed E-state index contributed by atoms with van der Waals surface area (Å²) in [7, 11) is 0. The van der Waals surface area contributed by atoms with Gasteiger partial charge in [-0.15, -0.1) is 0 Å². The third-order valence-electron chi connectivity index (χ3n) is 1.09. The highest BCUT2D eigenvalue weighted by atomic mass is 14.8. The molecule has 11 heavy (non-hydrogen) atoms. The van der Waals surface area contributed by atoms with Crippen LogP contribution < -0.4 is 11.1 Å². The van der Waals surface area contributed by atoms with Crippen LogP contribution in [0.15, 0.2) is 49.0 Å². The largest absolute Gasteiger partial charge is 0.399 e. The highest BCUT2D eigenvalue weighted by Crippen LogP contribution is 1.90. The minimum atomic E-state index is 0.648. The van der Waals surface area contributed by atoms with Crippen molar-refractivity contribution in [2.45, 2.75) is 6.92 Å². The quantitative estimate of drug-likeness (QED) is 0.598. The van der Waals surface area contributed by atoms with Crippen molar-refractivity contribution in [3.05, 3.63) is 49.0 Å². The maximum atomic E-state index is 5.46. The van der Waals surface area contributed by atoms with Gasteiger partial charge in [-0.2, -0.15) is 0 Å². The van der Waals surface area contributed by atoms with Crippen molar-refractivity contribution < 1.29 is 0 Å². The van der Waals surface area contributed by atoms with E-state index in [1.165, 1.54) is 0 Å². The molecule has 0 amide bonds. The van der Waals surface area contributed by atoms with Crippen LogP contribution in [0.5, 0.6) is 0 Å². The van der Waals surface area contributed by atoms with Gasteiger partial charge in [-0.3, -0.25) is 0 Å². The summed E-state index contributed by atoms with van der Waals surface area (Å²) in [6.07, 6.45) is 6.85. The molecule has 0 spiro atoms. The molecule has 60 valence electrons. The zero-order valence-electron chi connectivity index (χ0n) is 6.80. The zero-order chi connectivity index (χ0) is 8.69. The monoisotopic (exact) mass is 150 g/mol. The van der Waals surface area contributed by atoms with E-state index in [9.17, 15) is 0 Å². The first kappa shape index (κ1) is 9.56. The average molecular weight is 150 g/mol. The van der Waals surface area contributed by atoms with Crippen molar-refractivity contribution in [3.8, 4) is 0 Å². The van der Waals surface area contributed by atoms with Crippen LogP contribution >= 0.6 is 0 Å². The molecule has 0 aliphatic heterocycles. The summed E-state index contributed by atoms with van der Waals surface area (Å²) < 4.78 is 0. The maximum absolute atomic E-state index is 5.46. The standard InChI is InChI=1S/C9H14N2/c1-4-9(10)7-6-8(3)11-5-2/h4-7,11H,1-2,10H2,3H3/b8-6+,9-7+. The maximum Gasteiger partial charge on any atom is 0.0308 e. The van der Waals surface area contributed by atoms with E-state index >= 15 is 0 Å². The molecule has 0 unspecified atom stereocenters. The van der Waals surface area contributed by atoms with E-state index in [0.717, 1.165) is 5.70 Å². The van der Waals surface area contributed by atoms with E-state index in [1.807, 2.05) is 13.0 Å². The van der Waals surface area contributed by atoms with Gasteiger partial charge in [0.2, 0.25) is 0 Å². The predicted octanol–water partition coefficient (Wildman–Crippen LogP) is 1.65. The third kappa shape index (κ3) is 5.03. The Kier molecular flexibility index (Phi) is 4.65. The molecular formula is C9H14N2. The number of hydrogen-bond acceptors (Lipinski definition) is 2. The van der Waals surface area contributed by atoms with Crippen molar-refractivity contribution in [2.75, 3.05) is 0 Å². The molecule has 0 saturated carbocycles. The Labute approximate surface area is 67.8 Å². The van der Waals surface area contributed by atoms with E-state index in [2.05, 4.69) is 18.5 Å². The molecule has 0 aromatic rings. The van der Waals surface area contributed by atoms with Gasteiger partial charge in [0, 0.05) is 11.4 Å². The van der Waals surface area contributed by atoms with Crippen molar-refractivity contribution in [1.29, 1.82) is 0 Å². The normalized spacial score (nSPS) is 12.5. The third-order valence-corrected chi connectivity index (χ3v) is 1.09. The SMILES string of the molecule is C=CN/C(C)=C/C=C(/N)C=C. The Balaban J connectivity index is 4.09. The number of rotatable bonds is 4. The van der Waals surface area contributed by atoms with Gasteiger partial charge in [0.15, 0.2) is 0 Å². The fraction of sp³-hybridized carbons (Fsp3) is 0.111. The summed E-state index contributed by atoms with van der Waals surface area (Å²) in [5.74, 6) is 0. The molecule has 0 aliphatic rings. The Morgan fingerprint density at radius 3 is 2.45 bits per heavy atom. The fourth-order valence-electron chi connectivity index (χ4n) is 0.498. The van der Waals surface area contributed by atoms with Crippen molar-refractivity contribution >= 4 is 0 Å². The van der Waals surface area contributed by atoms with Crippen LogP contribution in [0, 0.1) is 0 Å². The average Bonchev–Trinajstić information content (AvgIpc) is 2.01. The predicted molar refractivity (Wildman–Crippen MR) is 49.6 cm³/mol. The molecule has 0 radical (unpaired) electrons. The van der Waals surface area contributed by atoms with Gasteiger partial charge >= 0.3 is 0 Å². The molecule has 2 nitrogen and oxygen atoms in total. The number of nitrogens with one attached hydrogen (secondary N) is 1. The van der Waals surface area contributed by atoms with Gasteiger partial charge in [0.25, 0.3) is 0 Å². The Morgan fingerprint density at radius 1 is 1.36 bits per heavy atom. The van der Waals surface area contributed by atoms with Gasteiger partial charge in [-0.05, 0) is 31.4 Å². The summed E-state index contributed by atoms with van der Waals surface area (Å²) in [4.78, 5) is 0. The van der Waals surface area contributed by atoms with E-state index in [1.54, 1.807) is 18.4 Å². The van der Waals surface area contributed by atoms with Crippen LogP contribution in [0.25, 0.3) is 0 Å². The number of hydrogen-bond donors (Lipinski definition) is 2. The van der Waals surface area contributed by atoms with Crippen LogP contribution in [0.1, 0.15) is 6.92 Å². The summed E-state index contributed by atoms with van der Waals surface area (Å²) in [5, 5.41) is 2.92. The minimum absolute atomic E-state index is 0.648. The first-order valence-corrected chi connectivity index (χ1v) is 3.34. The second-order valence-electron chi connectivity index (χ2n) is 2.07. The minimum Gasteiger partial charge on any atom is -0.399 e. The molecule has 0 heterocycles. The van der Waals surface area contributed by atoms with E-state index in [4.69, 9.17) is 5.73 Å². The first-order chi connectivity index (χ1) is 5.20. The Morgan fingerprint density at radius 2 is 2.00 bits per heavy atom. The smallest absolute Gasteiger partial charge is 0.0308 e. The molecule has 3 N–H and O–H groups in total. The number of nitrogens with two attached hydrogens (primary N) is 1.